The molecule has 6 heteroatoms. The van der Waals surface area contributed by atoms with Crippen LogP contribution in [0.25, 0.3) is 10.3 Å². The van der Waals surface area contributed by atoms with E-state index in [0.717, 1.165) is 30.8 Å². The van der Waals surface area contributed by atoms with Crippen molar-refractivity contribution >= 4 is 33.3 Å². The zero-order valence-electron chi connectivity index (χ0n) is 10.6. The van der Waals surface area contributed by atoms with Gasteiger partial charge in [-0.3, -0.25) is 4.79 Å². The number of carbonyl (C=O) groups excluding carboxylic acids is 1. The fraction of sp³-hybridized carbons (Fsp3) is 0.462. The van der Waals surface area contributed by atoms with Crippen molar-refractivity contribution in [2.45, 2.75) is 25.7 Å². The van der Waals surface area contributed by atoms with Crippen LogP contribution in [0, 0.1) is 0 Å². The Kier molecular flexibility index (Phi) is 3.33. The Morgan fingerprint density at radius 3 is 2.53 bits per heavy atom. The van der Waals surface area contributed by atoms with E-state index in [1.54, 1.807) is 12.4 Å². The van der Waals surface area contributed by atoms with Gasteiger partial charge in [0.2, 0.25) is 0 Å². The van der Waals surface area contributed by atoms with Gasteiger partial charge in [0.05, 0.1) is 5.69 Å². The van der Waals surface area contributed by atoms with E-state index < -0.39 is 0 Å². The first kappa shape index (κ1) is 12.3. The van der Waals surface area contributed by atoms with E-state index in [2.05, 4.69) is 9.97 Å². The normalized spacial score (nSPS) is 16.5. The third-order valence-electron chi connectivity index (χ3n) is 3.45. The maximum atomic E-state index is 12.5. The quantitative estimate of drug-likeness (QED) is 0.867. The molecule has 0 unspecified atom stereocenters. The highest BCUT2D eigenvalue weighted by Gasteiger charge is 2.23. The summed E-state index contributed by atoms with van der Waals surface area (Å²) in [6.45, 7) is 1.65. The van der Waals surface area contributed by atoms with Crippen LogP contribution in [-0.2, 0) is 0 Å². The molecule has 0 aliphatic carbocycles. The van der Waals surface area contributed by atoms with E-state index in [0.29, 0.717) is 16.1 Å². The van der Waals surface area contributed by atoms with Crippen molar-refractivity contribution in [2.24, 2.45) is 0 Å². The summed E-state index contributed by atoms with van der Waals surface area (Å²) in [5, 5.41) is 0. The largest absolute Gasteiger partial charge is 0.396 e. The number of amides is 1. The van der Waals surface area contributed by atoms with Gasteiger partial charge in [-0.1, -0.05) is 12.8 Å². The monoisotopic (exact) mass is 276 g/mol. The van der Waals surface area contributed by atoms with Gasteiger partial charge in [-0.2, -0.15) is 0 Å². The van der Waals surface area contributed by atoms with Crippen LogP contribution >= 0.6 is 11.3 Å². The molecule has 0 radical (unpaired) electrons. The van der Waals surface area contributed by atoms with Crippen molar-refractivity contribution in [3.8, 4) is 0 Å². The highest BCUT2D eigenvalue weighted by molar-refractivity contribution is 7.21. The maximum absolute atomic E-state index is 12.5. The molecule has 2 N–H and O–H groups in total. The lowest BCUT2D eigenvalue weighted by Crippen LogP contribution is -2.31. The maximum Gasteiger partial charge on any atom is 0.266 e. The number of thiophene rings is 1. The number of rotatable bonds is 1. The van der Waals surface area contributed by atoms with Crippen molar-refractivity contribution in [3.63, 3.8) is 0 Å². The van der Waals surface area contributed by atoms with Crippen LogP contribution in [0.1, 0.15) is 35.4 Å². The number of nitrogens with zero attached hydrogens (tertiary/aromatic N) is 3. The number of carbonyl (C=O) groups is 1. The van der Waals surface area contributed by atoms with Crippen LogP contribution < -0.4 is 5.73 Å². The molecule has 1 fully saturated rings. The lowest BCUT2D eigenvalue weighted by atomic mass is 10.2. The summed E-state index contributed by atoms with van der Waals surface area (Å²) in [6.07, 6.45) is 7.79. The Morgan fingerprint density at radius 2 is 1.84 bits per heavy atom. The summed E-state index contributed by atoms with van der Waals surface area (Å²) >= 11 is 1.34. The van der Waals surface area contributed by atoms with E-state index in [4.69, 9.17) is 5.73 Å². The van der Waals surface area contributed by atoms with Gasteiger partial charge in [0.15, 0.2) is 0 Å². The summed E-state index contributed by atoms with van der Waals surface area (Å²) in [5.41, 5.74) is 7.16. The smallest absolute Gasteiger partial charge is 0.266 e. The number of nitrogens with two attached hydrogens (primary N) is 1. The minimum atomic E-state index is 0.0317. The van der Waals surface area contributed by atoms with Crippen LogP contribution in [-0.4, -0.2) is 33.9 Å². The van der Waals surface area contributed by atoms with Gasteiger partial charge in [0.25, 0.3) is 5.91 Å². The van der Waals surface area contributed by atoms with Gasteiger partial charge < -0.3 is 10.6 Å². The lowest BCUT2D eigenvalue weighted by Gasteiger charge is -2.19. The fourth-order valence-corrected chi connectivity index (χ4v) is 3.41. The van der Waals surface area contributed by atoms with Gasteiger partial charge >= 0.3 is 0 Å². The van der Waals surface area contributed by atoms with Crippen LogP contribution in [0.4, 0.5) is 5.69 Å². The second-order valence-electron chi connectivity index (χ2n) is 4.76. The summed E-state index contributed by atoms with van der Waals surface area (Å²) in [7, 11) is 0. The predicted octanol–water partition coefficient (Wildman–Crippen LogP) is 2.29. The minimum Gasteiger partial charge on any atom is -0.396 e. The number of likely N-dealkylation sites (tertiary alicyclic amines) is 1. The summed E-state index contributed by atoms with van der Waals surface area (Å²) in [6, 6.07) is 0. The van der Waals surface area contributed by atoms with Gasteiger partial charge in [0, 0.05) is 25.5 Å². The Bertz CT molecular complexity index is 602. The van der Waals surface area contributed by atoms with Crippen molar-refractivity contribution in [2.75, 3.05) is 18.8 Å². The molecule has 1 saturated heterocycles. The zero-order chi connectivity index (χ0) is 13.2. The van der Waals surface area contributed by atoms with Crippen LogP contribution in [0.2, 0.25) is 0 Å². The van der Waals surface area contributed by atoms with E-state index in [-0.39, 0.29) is 5.91 Å². The second-order valence-corrected chi connectivity index (χ2v) is 5.76. The Labute approximate surface area is 115 Å². The number of fused-ring (bicyclic) bond motifs is 1. The van der Waals surface area contributed by atoms with Gasteiger partial charge in [-0.05, 0) is 12.8 Å². The molecular weight excluding hydrogens is 260 g/mol. The zero-order valence-corrected chi connectivity index (χ0v) is 11.4. The van der Waals surface area contributed by atoms with Gasteiger partial charge in [-0.25, -0.2) is 9.97 Å². The molecule has 1 amide bonds. The SMILES string of the molecule is Nc1c(C(=O)N2CCCCCC2)sc2nccnc12. The number of nitrogen functional groups attached to an aromatic ring is 1. The molecule has 3 heterocycles. The van der Waals surface area contributed by atoms with Crippen LogP contribution in [0.5, 0.6) is 0 Å². The molecule has 1 aliphatic heterocycles. The highest BCUT2D eigenvalue weighted by atomic mass is 32.1. The Hall–Kier alpha value is -1.69. The van der Waals surface area contributed by atoms with E-state index in [9.17, 15) is 4.79 Å². The van der Waals surface area contributed by atoms with Crippen molar-refractivity contribution < 1.29 is 4.79 Å². The molecule has 100 valence electrons. The average Bonchev–Trinajstić information content (AvgIpc) is 2.64. The number of hydrogen-bond donors (Lipinski definition) is 1. The number of aromatic nitrogens is 2. The molecule has 2 aromatic rings. The van der Waals surface area contributed by atoms with Crippen molar-refractivity contribution in [3.05, 3.63) is 17.3 Å². The van der Waals surface area contributed by atoms with Crippen molar-refractivity contribution in [1.82, 2.24) is 14.9 Å². The minimum absolute atomic E-state index is 0.0317. The first-order valence-electron chi connectivity index (χ1n) is 6.55. The van der Waals surface area contributed by atoms with Crippen LogP contribution in [0.3, 0.4) is 0 Å². The van der Waals surface area contributed by atoms with E-state index in [1.807, 2.05) is 4.90 Å². The lowest BCUT2D eigenvalue weighted by molar-refractivity contribution is 0.0767. The Balaban J connectivity index is 1.94. The molecule has 0 bridgehead atoms. The molecule has 0 saturated carbocycles. The highest BCUT2D eigenvalue weighted by Crippen LogP contribution is 2.31. The van der Waals surface area contributed by atoms with E-state index >= 15 is 0 Å². The summed E-state index contributed by atoms with van der Waals surface area (Å²) < 4.78 is 0. The fourth-order valence-electron chi connectivity index (χ4n) is 2.42. The molecule has 3 rings (SSSR count). The molecule has 1 aliphatic rings. The molecule has 0 atom stereocenters. The molecule has 0 spiro atoms. The summed E-state index contributed by atoms with van der Waals surface area (Å²) in [4.78, 5) is 24.2. The predicted molar refractivity (Wildman–Crippen MR) is 76.2 cm³/mol. The Morgan fingerprint density at radius 1 is 1.16 bits per heavy atom. The molecule has 19 heavy (non-hydrogen) atoms. The second kappa shape index (κ2) is 5.13. The summed E-state index contributed by atoms with van der Waals surface area (Å²) in [5.74, 6) is 0.0317. The van der Waals surface area contributed by atoms with Crippen molar-refractivity contribution in [1.29, 1.82) is 0 Å². The molecule has 2 aromatic heterocycles. The third-order valence-corrected chi connectivity index (χ3v) is 4.54. The first-order chi connectivity index (χ1) is 9.27. The topological polar surface area (TPSA) is 72.1 Å². The molecular formula is C13H16N4OS. The first-order valence-corrected chi connectivity index (χ1v) is 7.37. The van der Waals surface area contributed by atoms with Gasteiger partial charge in [0.1, 0.15) is 15.2 Å². The number of hydrogen-bond acceptors (Lipinski definition) is 5. The van der Waals surface area contributed by atoms with Gasteiger partial charge in [-0.15, -0.1) is 11.3 Å². The molecule has 0 aromatic carbocycles. The van der Waals surface area contributed by atoms with Crippen LogP contribution in [0.15, 0.2) is 12.4 Å². The standard InChI is InChI=1S/C13H16N4OS/c14-9-10-12(16-6-5-15-10)19-11(9)13(18)17-7-3-1-2-4-8-17/h5-6H,1-4,7-8,14H2. The molecule has 5 nitrogen and oxygen atoms in total. The average molecular weight is 276 g/mol. The third kappa shape index (κ3) is 2.28. The van der Waals surface area contributed by atoms with E-state index in [1.165, 1.54) is 24.2 Å². The number of anilines is 1.